The first-order valence-corrected chi connectivity index (χ1v) is 8.97. The first kappa shape index (κ1) is 17.5. The summed E-state index contributed by atoms with van der Waals surface area (Å²) in [6, 6.07) is 4.59. The lowest BCUT2D eigenvalue weighted by Gasteiger charge is -2.16. The van der Waals surface area contributed by atoms with E-state index in [1.807, 2.05) is 12.1 Å². The van der Waals surface area contributed by atoms with Gasteiger partial charge in [0.2, 0.25) is 0 Å². The van der Waals surface area contributed by atoms with E-state index in [1.165, 1.54) is 6.42 Å². The SMILES string of the molecule is CCNC(CC)CCCOc1c(Br)cc(Br)cc1Br. The van der Waals surface area contributed by atoms with Crippen molar-refractivity contribution in [2.75, 3.05) is 13.2 Å². The van der Waals surface area contributed by atoms with Crippen LogP contribution >= 0.6 is 47.8 Å². The molecular weight excluding hydrogens is 438 g/mol. The van der Waals surface area contributed by atoms with Crippen molar-refractivity contribution in [2.45, 2.75) is 39.2 Å². The molecule has 0 bridgehead atoms. The smallest absolute Gasteiger partial charge is 0.147 e. The van der Waals surface area contributed by atoms with Crippen LogP contribution in [0.5, 0.6) is 5.75 Å². The molecule has 1 N–H and O–H groups in total. The van der Waals surface area contributed by atoms with E-state index in [9.17, 15) is 0 Å². The van der Waals surface area contributed by atoms with Crippen LogP contribution in [0, 0.1) is 0 Å². The molecule has 0 heterocycles. The minimum atomic E-state index is 0.602. The number of halogens is 3. The highest BCUT2D eigenvalue weighted by Crippen LogP contribution is 2.36. The van der Waals surface area contributed by atoms with E-state index in [2.05, 4.69) is 67.0 Å². The Labute approximate surface area is 141 Å². The van der Waals surface area contributed by atoms with Crippen LogP contribution in [0.1, 0.15) is 33.1 Å². The Bertz CT molecular complexity index is 375. The van der Waals surface area contributed by atoms with Crippen molar-refractivity contribution >= 4 is 47.8 Å². The lowest BCUT2D eigenvalue weighted by atomic mass is 10.1. The Hall–Kier alpha value is 0.420. The molecule has 108 valence electrons. The summed E-state index contributed by atoms with van der Waals surface area (Å²) < 4.78 is 8.81. The Morgan fingerprint density at radius 3 is 2.32 bits per heavy atom. The van der Waals surface area contributed by atoms with E-state index in [0.717, 1.165) is 45.2 Å². The van der Waals surface area contributed by atoms with Gasteiger partial charge in [0, 0.05) is 10.5 Å². The molecule has 19 heavy (non-hydrogen) atoms. The van der Waals surface area contributed by atoms with E-state index < -0.39 is 0 Å². The summed E-state index contributed by atoms with van der Waals surface area (Å²) in [4.78, 5) is 0. The van der Waals surface area contributed by atoms with E-state index >= 15 is 0 Å². The van der Waals surface area contributed by atoms with Crippen molar-refractivity contribution in [1.82, 2.24) is 5.32 Å². The van der Waals surface area contributed by atoms with Gasteiger partial charge in [-0.25, -0.2) is 0 Å². The van der Waals surface area contributed by atoms with Crippen LogP contribution in [0.3, 0.4) is 0 Å². The van der Waals surface area contributed by atoms with Gasteiger partial charge >= 0.3 is 0 Å². The van der Waals surface area contributed by atoms with Gasteiger partial charge in [-0.05, 0) is 69.8 Å². The van der Waals surface area contributed by atoms with Gasteiger partial charge in [-0.1, -0.05) is 29.8 Å². The molecule has 1 rings (SSSR count). The Balaban J connectivity index is 2.41. The van der Waals surface area contributed by atoms with Crippen molar-refractivity contribution in [3.63, 3.8) is 0 Å². The Morgan fingerprint density at radius 1 is 1.16 bits per heavy atom. The lowest BCUT2D eigenvalue weighted by Crippen LogP contribution is -2.28. The van der Waals surface area contributed by atoms with E-state index in [4.69, 9.17) is 4.74 Å². The van der Waals surface area contributed by atoms with Gasteiger partial charge in [0.25, 0.3) is 0 Å². The average molecular weight is 458 g/mol. The summed E-state index contributed by atoms with van der Waals surface area (Å²) in [5.41, 5.74) is 0. The summed E-state index contributed by atoms with van der Waals surface area (Å²) in [6.45, 7) is 6.13. The van der Waals surface area contributed by atoms with E-state index in [1.54, 1.807) is 0 Å². The first-order chi connectivity index (χ1) is 9.08. The molecule has 1 aromatic carbocycles. The van der Waals surface area contributed by atoms with Crippen LogP contribution in [0.4, 0.5) is 0 Å². The summed E-state index contributed by atoms with van der Waals surface area (Å²) in [5.74, 6) is 0.875. The normalized spacial score (nSPS) is 12.5. The molecule has 0 aliphatic heterocycles. The largest absolute Gasteiger partial charge is 0.491 e. The number of hydrogen-bond donors (Lipinski definition) is 1. The summed E-state index contributed by atoms with van der Waals surface area (Å²) in [5, 5.41) is 3.48. The molecule has 2 nitrogen and oxygen atoms in total. The second-order valence-corrected chi connectivity index (χ2v) is 6.98. The maximum Gasteiger partial charge on any atom is 0.147 e. The monoisotopic (exact) mass is 455 g/mol. The number of ether oxygens (including phenoxy) is 1. The van der Waals surface area contributed by atoms with Crippen LogP contribution in [0.25, 0.3) is 0 Å². The minimum Gasteiger partial charge on any atom is -0.491 e. The summed E-state index contributed by atoms with van der Waals surface area (Å²) in [7, 11) is 0. The highest BCUT2D eigenvalue weighted by atomic mass is 79.9. The predicted octanol–water partition coefficient (Wildman–Crippen LogP) is 5.52. The Kier molecular flexibility index (Phi) is 8.62. The zero-order valence-corrected chi connectivity index (χ0v) is 16.1. The number of hydrogen-bond acceptors (Lipinski definition) is 2. The van der Waals surface area contributed by atoms with Crippen molar-refractivity contribution in [3.8, 4) is 5.75 Å². The van der Waals surface area contributed by atoms with Crippen molar-refractivity contribution in [1.29, 1.82) is 0 Å². The lowest BCUT2D eigenvalue weighted by molar-refractivity contribution is 0.291. The predicted molar refractivity (Wildman–Crippen MR) is 92.0 cm³/mol. The second-order valence-electron chi connectivity index (χ2n) is 4.35. The fourth-order valence-corrected chi connectivity index (χ4v) is 4.40. The molecule has 0 radical (unpaired) electrons. The average Bonchev–Trinajstić information content (AvgIpc) is 2.35. The maximum atomic E-state index is 5.85. The number of nitrogens with one attached hydrogen (secondary N) is 1. The highest BCUT2D eigenvalue weighted by Gasteiger charge is 2.09. The van der Waals surface area contributed by atoms with Crippen LogP contribution in [-0.4, -0.2) is 19.2 Å². The third kappa shape index (κ3) is 6.15. The molecule has 0 spiro atoms. The van der Waals surface area contributed by atoms with Gasteiger partial charge in [0.1, 0.15) is 5.75 Å². The molecule has 0 saturated carbocycles. The van der Waals surface area contributed by atoms with Gasteiger partial charge in [-0.3, -0.25) is 0 Å². The molecular formula is C14H20Br3NO. The van der Waals surface area contributed by atoms with Gasteiger partial charge in [0.05, 0.1) is 15.6 Å². The Morgan fingerprint density at radius 2 is 1.79 bits per heavy atom. The van der Waals surface area contributed by atoms with Gasteiger partial charge in [0.15, 0.2) is 0 Å². The molecule has 0 aliphatic rings. The highest BCUT2D eigenvalue weighted by molar-refractivity contribution is 9.11. The standard InChI is InChI=1S/C14H20Br3NO/c1-3-11(18-4-2)6-5-7-19-14-12(16)8-10(15)9-13(14)17/h8-9,11,18H,3-7H2,1-2H3. The number of benzene rings is 1. The van der Waals surface area contributed by atoms with Gasteiger partial charge in [-0.15, -0.1) is 0 Å². The molecule has 5 heteroatoms. The van der Waals surface area contributed by atoms with E-state index in [0.29, 0.717) is 6.04 Å². The third-order valence-electron chi connectivity index (χ3n) is 2.89. The van der Waals surface area contributed by atoms with Gasteiger partial charge < -0.3 is 10.1 Å². The summed E-state index contributed by atoms with van der Waals surface area (Å²) >= 11 is 10.5. The molecule has 1 aromatic rings. The van der Waals surface area contributed by atoms with Crippen molar-refractivity contribution < 1.29 is 4.74 Å². The fraction of sp³-hybridized carbons (Fsp3) is 0.571. The van der Waals surface area contributed by atoms with Crippen LogP contribution in [0.2, 0.25) is 0 Å². The molecule has 1 atom stereocenters. The molecule has 0 amide bonds. The fourth-order valence-electron chi connectivity index (χ4n) is 1.91. The quantitative estimate of drug-likeness (QED) is 0.519. The first-order valence-electron chi connectivity index (χ1n) is 6.59. The minimum absolute atomic E-state index is 0.602. The summed E-state index contributed by atoms with van der Waals surface area (Å²) in [6.07, 6.45) is 3.37. The molecule has 0 aliphatic carbocycles. The molecule has 0 aromatic heterocycles. The zero-order valence-electron chi connectivity index (χ0n) is 11.3. The van der Waals surface area contributed by atoms with E-state index in [-0.39, 0.29) is 0 Å². The van der Waals surface area contributed by atoms with Crippen LogP contribution in [0.15, 0.2) is 25.6 Å². The number of rotatable bonds is 8. The van der Waals surface area contributed by atoms with Gasteiger partial charge in [-0.2, -0.15) is 0 Å². The molecule has 1 unspecified atom stereocenters. The van der Waals surface area contributed by atoms with Crippen LogP contribution < -0.4 is 10.1 Å². The van der Waals surface area contributed by atoms with Crippen LogP contribution in [-0.2, 0) is 0 Å². The molecule has 0 fully saturated rings. The third-order valence-corrected chi connectivity index (χ3v) is 4.53. The van der Waals surface area contributed by atoms with Crippen molar-refractivity contribution in [3.05, 3.63) is 25.6 Å². The topological polar surface area (TPSA) is 21.3 Å². The molecule has 0 saturated heterocycles. The van der Waals surface area contributed by atoms with Crippen molar-refractivity contribution in [2.24, 2.45) is 0 Å². The zero-order chi connectivity index (χ0) is 14.3. The maximum absolute atomic E-state index is 5.85. The second kappa shape index (κ2) is 9.37.